The van der Waals surface area contributed by atoms with Gasteiger partial charge in [-0.15, -0.1) is 12.1 Å². The van der Waals surface area contributed by atoms with Gasteiger partial charge in [0.2, 0.25) is 0 Å². The fourth-order valence-corrected chi connectivity index (χ4v) is 7.49. The smallest absolute Gasteiger partial charge is 0.497 e. The van der Waals surface area contributed by atoms with Crippen LogP contribution in [0.15, 0.2) is 158 Å². The van der Waals surface area contributed by atoms with Gasteiger partial charge in [-0.3, -0.25) is 9.97 Å². The van der Waals surface area contributed by atoms with Crippen LogP contribution in [0.25, 0.3) is 88.7 Å². The van der Waals surface area contributed by atoms with Crippen molar-refractivity contribution in [3.63, 3.8) is 0 Å². The van der Waals surface area contributed by atoms with Gasteiger partial charge in [-0.2, -0.15) is 0 Å². The minimum Gasteiger partial charge on any atom is -0.497 e. The van der Waals surface area contributed by atoms with E-state index in [-0.39, 0.29) is 21.1 Å². The Morgan fingerprint density at radius 2 is 1.02 bits per heavy atom. The first kappa shape index (κ1) is 32.0. The summed E-state index contributed by atoms with van der Waals surface area (Å²) in [6, 6.07) is 54.2. The maximum atomic E-state index is 6.60. The molecule has 6 aromatic heterocycles. The maximum absolute atomic E-state index is 6.60. The summed E-state index contributed by atoms with van der Waals surface area (Å²) in [5, 5.41) is 5.69. The molecule has 11 aromatic rings. The molecule has 0 aliphatic heterocycles. The first-order valence-electron chi connectivity index (χ1n) is 17.4. The second-order valence-corrected chi connectivity index (χ2v) is 13.0. The summed E-state index contributed by atoms with van der Waals surface area (Å²) in [6.45, 7) is 0. The van der Waals surface area contributed by atoms with Crippen molar-refractivity contribution in [1.29, 1.82) is 0 Å². The van der Waals surface area contributed by atoms with Crippen LogP contribution >= 0.6 is 0 Å². The van der Waals surface area contributed by atoms with E-state index >= 15 is 0 Å². The third-order valence-electron chi connectivity index (χ3n) is 9.85. The number of hydrogen-bond acceptors (Lipinski definition) is 5. The van der Waals surface area contributed by atoms with E-state index in [0.717, 1.165) is 88.7 Å². The van der Waals surface area contributed by atoms with E-state index < -0.39 is 0 Å². The first-order valence-corrected chi connectivity index (χ1v) is 17.4. The first-order chi connectivity index (χ1) is 26.3. The molecule has 0 atom stereocenters. The molecule has 54 heavy (non-hydrogen) atoms. The Balaban J connectivity index is 0.00000361. The van der Waals surface area contributed by atoms with Crippen LogP contribution in [0.2, 0.25) is 0 Å². The van der Waals surface area contributed by atoms with Crippen molar-refractivity contribution in [2.45, 2.75) is 0 Å². The number of ether oxygens (including phenoxy) is 1. The second kappa shape index (κ2) is 12.8. The zero-order chi connectivity index (χ0) is 34.9. The quantitative estimate of drug-likeness (QED) is 0.127. The minimum atomic E-state index is 0. The van der Waals surface area contributed by atoms with Crippen molar-refractivity contribution < 1.29 is 25.8 Å². The number of pyridine rings is 4. The standard InChI is InChI=1S/C46H26N6O.Pt/c1-4-12-29(13-5-1)40-28-51-43-36(18-10-24-47-43)34-22-20-32(26-38(34)45(51)49-40)53-33-21-23-35-37-19-11-25-48-44(37)52-42(31-16-8-3-9-17-31)41(30-14-6-2-7-15-30)50-46(52)39(35)27-33;/h1-25,28H;/q-2;+2. The average Bonchev–Trinajstić information content (AvgIpc) is 3.87. The van der Waals surface area contributed by atoms with Crippen LogP contribution in [0.4, 0.5) is 0 Å². The third kappa shape index (κ3) is 5.01. The molecule has 0 bridgehead atoms. The van der Waals surface area contributed by atoms with Crippen LogP contribution in [0.5, 0.6) is 11.5 Å². The number of benzene rings is 5. The number of imidazole rings is 2. The third-order valence-corrected chi connectivity index (χ3v) is 9.85. The van der Waals surface area contributed by atoms with E-state index in [1.54, 1.807) is 0 Å². The Morgan fingerprint density at radius 1 is 0.463 bits per heavy atom. The molecule has 0 N–H and O–H groups in total. The summed E-state index contributed by atoms with van der Waals surface area (Å²) in [4.78, 5) is 20.1. The molecule has 0 aliphatic carbocycles. The van der Waals surface area contributed by atoms with Crippen LogP contribution in [0.3, 0.4) is 0 Å². The molecule has 0 amide bonds. The van der Waals surface area contributed by atoms with Crippen molar-refractivity contribution in [2.75, 3.05) is 0 Å². The predicted octanol–water partition coefficient (Wildman–Crippen LogP) is 10.8. The van der Waals surface area contributed by atoms with Gasteiger partial charge in [0.15, 0.2) is 0 Å². The van der Waals surface area contributed by atoms with Gasteiger partial charge < -0.3 is 13.5 Å². The Bertz CT molecular complexity index is 3200. The van der Waals surface area contributed by atoms with Crippen molar-refractivity contribution >= 4 is 54.9 Å². The Kier molecular flexibility index (Phi) is 7.56. The van der Waals surface area contributed by atoms with E-state index in [9.17, 15) is 0 Å². The number of fused-ring (bicyclic) bond motifs is 12. The largest absolute Gasteiger partial charge is 2.00 e. The van der Waals surface area contributed by atoms with Gasteiger partial charge in [0.1, 0.15) is 11.3 Å². The maximum Gasteiger partial charge on any atom is 2.00 e. The van der Waals surface area contributed by atoms with E-state index in [1.807, 2.05) is 89.7 Å². The molecular weight excluding hydrogens is 848 g/mol. The van der Waals surface area contributed by atoms with E-state index in [0.29, 0.717) is 11.5 Å². The Hall–Kier alpha value is -6.69. The zero-order valence-electron chi connectivity index (χ0n) is 28.4. The summed E-state index contributed by atoms with van der Waals surface area (Å²) < 4.78 is 10.8. The molecule has 0 unspecified atom stereocenters. The molecule has 11 rings (SSSR count). The van der Waals surface area contributed by atoms with Crippen LogP contribution in [-0.2, 0) is 21.1 Å². The SMILES string of the molecule is [Pt+2].[c-]1c(Oc2[c-]c3c(cc2)c2cccnc2n2c(-c4ccccc4)c(-c4ccccc4)nc32)ccc2c1c1nc(-c3ccccc3)cn1c1ncccc21. The van der Waals surface area contributed by atoms with Crippen LogP contribution in [-0.4, -0.2) is 28.7 Å². The normalized spacial score (nSPS) is 11.6. The Morgan fingerprint density at radius 3 is 1.67 bits per heavy atom. The van der Waals surface area contributed by atoms with Gasteiger partial charge in [0.05, 0.1) is 28.4 Å². The monoisotopic (exact) mass is 873 g/mol. The minimum absolute atomic E-state index is 0. The molecular formula is C46H26N6OPt. The molecule has 5 aromatic carbocycles. The topological polar surface area (TPSA) is 69.6 Å². The zero-order valence-corrected chi connectivity index (χ0v) is 30.7. The molecule has 0 spiro atoms. The number of nitrogens with zero attached hydrogens (tertiary/aromatic N) is 6. The van der Waals surface area contributed by atoms with Crippen LogP contribution in [0, 0.1) is 12.1 Å². The fraction of sp³-hybridized carbons (Fsp3) is 0. The summed E-state index contributed by atoms with van der Waals surface area (Å²) >= 11 is 0. The number of aromatic nitrogens is 6. The molecule has 0 radical (unpaired) electrons. The van der Waals surface area contributed by atoms with Crippen molar-refractivity contribution in [2.24, 2.45) is 0 Å². The van der Waals surface area contributed by atoms with E-state index in [1.165, 1.54) is 0 Å². The van der Waals surface area contributed by atoms with E-state index in [4.69, 9.17) is 24.7 Å². The summed E-state index contributed by atoms with van der Waals surface area (Å²) in [5.41, 5.74) is 8.99. The van der Waals surface area contributed by atoms with Gasteiger partial charge in [-0.05, 0) is 22.9 Å². The molecule has 8 heteroatoms. The van der Waals surface area contributed by atoms with Crippen LogP contribution < -0.4 is 4.74 Å². The second-order valence-electron chi connectivity index (χ2n) is 13.0. The average molecular weight is 874 g/mol. The van der Waals surface area contributed by atoms with Gasteiger partial charge in [0.25, 0.3) is 0 Å². The summed E-state index contributed by atoms with van der Waals surface area (Å²) in [7, 11) is 0. The van der Waals surface area contributed by atoms with Gasteiger partial charge in [-0.1, -0.05) is 149 Å². The van der Waals surface area contributed by atoms with Gasteiger partial charge in [0, 0.05) is 46.8 Å². The van der Waals surface area contributed by atoms with Crippen molar-refractivity contribution in [3.8, 4) is 45.3 Å². The predicted molar refractivity (Wildman–Crippen MR) is 210 cm³/mol. The number of hydrogen-bond donors (Lipinski definition) is 0. The summed E-state index contributed by atoms with van der Waals surface area (Å²) in [5.74, 6) is 1.11. The Labute approximate surface area is 323 Å². The summed E-state index contributed by atoms with van der Waals surface area (Å²) in [6.07, 6.45) is 5.69. The molecule has 0 fully saturated rings. The molecule has 0 saturated heterocycles. The van der Waals surface area contributed by atoms with E-state index in [2.05, 4.69) is 89.3 Å². The molecule has 0 aliphatic rings. The van der Waals surface area contributed by atoms with Crippen molar-refractivity contribution in [1.82, 2.24) is 28.7 Å². The van der Waals surface area contributed by atoms with Crippen LogP contribution in [0.1, 0.15) is 0 Å². The molecule has 256 valence electrons. The number of rotatable bonds is 5. The molecule has 0 saturated carbocycles. The van der Waals surface area contributed by atoms with Gasteiger partial charge in [-0.25, -0.2) is 9.97 Å². The molecule has 6 heterocycles. The molecule has 7 nitrogen and oxygen atoms in total. The fourth-order valence-electron chi connectivity index (χ4n) is 7.49. The van der Waals surface area contributed by atoms with Gasteiger partial charge >= 0.3 is 21.1 Å². The van der Waals surface area contributed by atoms with Crippen molar-refractivity contribution in [3.05, 3.63) is 170 Å².